The van der Waals surface area contributed by atoms with Gasteiger partial charge in [-0.05, 0) is 36.5 Å². The van der Waals surface area contributed by atoms with Gasteiger partial charge in [0.05, 0.1) is 40.7 Å². The number of hydrogen-bond donors (Lipinski definition) is 4. The second-order valence-corrected chi connectivity index (χ2v) is 10.6. The summed E-state index contributed by atoms with van der Waals surface area (Å²) in [6.45, 7) is -0.885. The van der Waals surface area contributed by atoms with Crippen LogP contribution >= 0.6 is 23.4 Å². The lowest BCUT2D eigenvalue weighted by Gasteiger charge is -2.60. The van der Waals surface area contributed by atoms with Gasteiger partial charge in [-0.3, -0.25) is 9.59 Å². The summed E-state index contributed by atoms with van der Waals surface area (Å²) in [5.41, 5.74) is -2.30. The summed E-state index contributed by atoms with van der Waals surface area (Å²) >= 11 is 7.17. The van der Waals surface area contributed by atoms with Crippen molar-refractivity contribution in [2.75, 3.05) is 37.9 Å². The van der Waals surface area contributed by atoms with Crippen LogP contribution in [-0.2, 0) is 20.5 Å². The van der Waals surface area contributed by atoms with Crippen molar-refractivity contribution in [1.82, 2.24) is 5.32 Å². The van der Waals surface area contributed by atoms with Gasteiger partial charge in [-0.15, -0.1) is 0 Å². The van der Waals surface area contributed by atoms with Crippen molar-refractivity contribution in [3.05, 3.63) is 34.1 Å². The summed E-state index contributed by atoms with van der Waals surface area (Å²) in [5.74, 6) is -7.67. The monoisotopic (exact) mass is 560 g/mol. The Morgan fingerprint density at radius 2 is 1.89 bits per heavy atom. The molecule has 14 heteroatoms. The Morgan fingerprint density at radius 1 is 1.25 bits per heavy atom. The lowest BCUT2D eigenvalue weighted by Crippen LogP contribution is -2.75. The summed E-state index contributed by atoms with van der Waals surface area (Å²) in [7, 11) is 0. The minimum Gasteiger partial charge on any atom is -0.481 e. The van der Waals surface area contributed by atoms with E-state index in [1.807, 2.05) is 0 Å². The number of hydrogen-bond acceptors (Lipinski definition) is 6. The molecule has 0 bridgehead atoms. The van der Waals surface area contributed by atoms with Crippen LogP contribution in [0.2, 0.25) is 5.02 Å². The third kappa shape index (κ3) is 4.46. The van der Waals surface area contributed by atoms with Gasteiger partial charge in [-0.1, -0.05) is 11.6 Å². The van der Waals surface area contributed by atoms with Crippen LogP contribution < -0.4 is 11.1 Å². The normalized spacial score (nSPS) is 31.2. The molecule has 0 radical (unpaired) electrons. The molecule has 0 aromatic heterocycles. The van der Waals surface area contributed by atoms with Crippen molar-refractivity contribution in [3.8, 4) is 0 Å². The second kappa shape index (κ2) is 10.6. The van der Waals surface area contributed by atoms with Gasteiger partial charge in [0.15, 0.2) is 0 Å². The van der Waals surface area contributed by atoms with E-state index >= 15 is 4.39 Å². The van der Waals surface area contributed by atoms with Gasteiger partial charge in [0.25, 0.3) is 0 Å². The topological polar surface area (TPSA) is 122 Å². The zero-order chi connectivity index (χ0) is 27.1. The first-order valence-electron chi connectivity index (χ1n) is 11.0. The van der Waals surface area contributed by atoms with E-state index in [-0.39, 0.29) is 24.7 Å². The van der Waals surface area contributed by atoms with Crippen LogP contribution in [0.4, 0.5) is 22.0 Å². The molecule has 0 amide bonds. The zero-order valence-corrected chi connectivity index (χ0v) is 20.7. The maximum absolute atomic E-state index is 15.5. The Bertz CT molecular complexity index is 1010. The zero-order valence-electron chi connectivity index (χ0n) is 19.1. The molecule has 2 aliphatic heterocycles. The summed E-state index contributed by atoms with van der Waals surface area (Å²) in [4.78, 5) is 25.9. The molecule has 3 rings (SSSR count). The quantitative estimate of drug-likeness (QED) is 0.268. The van der Waals surface area contributed by atoms with E-state index < -0.39 is 88.1 Å². The Labute approximate surface area is 212 Å². The van der Waals surface area contributed by atoms with E-state index in [0.29, 0.717) is 12.1 Å². The number of ether oxygens (including phenoxy) is 1. The lowest BCUT2D eigenvalue weighted by atomic mass is 9.48. The smallest absolute Gasteiger partial charge is 0.418 e. The van der Waals surface area contributed by atoms with Crippen molar-refractivity contribution < 1.29 is 46.5 Å². The molecule has 36 heavy (non-hydrogen) atoms. The molecule has 1 aromatic carbocycles. The fraction of sp³-hybridized carbons (Fsp3) is 0.636. The average molecular weight is 561 g/mol. The second-order valence-electron chi connectivity index (χ2n) is 9.10. The molecule has 2 aliphatic rings. The van der Waals surface area contributed by atoms with Crippen molar-refractivity contribution in [2.45, 2.75) is 31.1 Å². The molecule has 5 N–H and O–H groups in total. The maximum Gasteiger partial charge on any atom is 0.418 e. The van der Waals surface area contributed by atoms with Crippen LogP contribution in [0.1, 0.15) is 24.0 Å². The molecular weight excluding hydrogens is 535 g/mol. The number of thioether (sulfide) groups is 1. The fourth-order valence-corrected chi connectivity index (χ4v) is 6.85. The molecule has 0 aliphatic carbocycles. The van der Waals surface area contributed by atoms with Crippen LogP contribution in [0.25, 0.3) is 0 Å². The van der Waals surface area contributed by atoms with Crippen LogP contribution in [0.15, 0.2) is 12.1 Å². The number of aliphatic carboxylic acids is 2. The Morgan fingerprint density at radius 3 is 2.33 bits per heavy atom. The maximum atomic E-state index is 15.5. The first kappa shape index (κ1) is 28.9. The van der Waals surface area contributed by atoms with Crippen molar-refractivity contribution >= 4 is 35.3 Å². The number of alkyl halides is 4. The van der Waals surface area contributed by atoms with Crippen LogP contribution in [0.3, 0.4) is 0 Å². The summed E-state index contributed by atoms with van der Waals surface area (Å²) in [6.07, 6.45) is -5.27. The van der Waals surface area contributed by atoms with Crippen molar-refractivity contribution in [3.63, 3.8) is 0 Å². The summed E-state index contributed by atoms with van der Waals surface area (Å²) in [5, 5.41) is 22.7. The van der Waals surface area contributed by atoms with E-state index in [2.05, 4.69) is 5.32 Å². The molecule has 5 atom stereocenters. The summed E-state index contributed by atoms with van der Waals surface area (Å²) in [6, 6.07) is -1.75. The van der Waals surface area contributed by atoms with E-state index in [1.165, 1.54) is 11.8 Å². The molecule has 7 nitrogen and oxygen atoms in total. The van der Waals surface area contributed by atoms with Gasteiger partial charge in [0.1, 0.15) is 12.5 Å². The van der Waals surface area contributed by atoms with Gasteiger partial charge >= 0.3 is 18.1 Å². The molecular formula is C22H26ClF5N2O5S. The van der Waals surface area contributed by atoms with E-state index in [9.17, 15) is 37.4 Å². The molecule has 5 unspecified atom stereocenters. The van der Waals surface area contributed by atoms with E-state index in [0.717, 1.165) is 6.92 Å². The average Bonchev–Trinajstić information content (AvgIpc) is 2.74. The minimum absolute atomic E-state index is 0.0377. The van der Waals surface area contributed by atoms with Gasteiger partial charge in [0, 0.05) is 24.1 Å². The van der Waals surface area contributed by atoms with Crippen LogP contribution in [-0.4, -0.2) is 72.2 Å². The number of carboxylic acids is 2. The predicted octanol–water partition coefficient (Wildman–Crippen LogP) is 3.39. The molecule has 0 saturated carbocycles. The SMILES string of the molecule is CC1(C(=O)O)C(CF)NC(COCCN)C(C(=O)O)(C2CSC2)C1c1c(F)ccc(Cl)c1C(F)(F)F. The predicted molar refractivity (Wildman–Crippen MR) is 122 cm³/mol. The highest BCUT2D eigenvalue weighted by atomic mass is 35.5. The number of piperidine rings is 1. The lowest BCUT2D eigenvalue weighted by molar-refractivity contribution is -0.182. The van der Waals surface area contributed by atoms with E-state index in [1.54, 1.807) is 0 Å². The van der Waals surface area contributed by atoms with Gasteiger partial charge in [0.2, 0.25) is 0 Å². The standard InChI is InChI=1S/C22H26ClF5N2O5S/c1-20(18(31)32)13(6-24)30-14(7-35-5-4-29)21(19(33)34,10-8-36-9-10)17(20)15-12(25)3-2-11(23)16(15)22(26,27)28/h2-3,10,13-14,17,30H,4-9,29H2,1H3,(H,31,32)(H,33,34). The first-order valence-corrected chi connectivity index (χ1v) is 12.5. The number of nitrogens with two attached hydrogens (primary N) is 1. The number of nitrogens with one attached hydrogen (secondary N) is 1. The molecule has 2 heterocycles. The van der Waals surface area contributed by atoms with Crippen molar-refractivity contribution in [1.29, 1.82) is 0 Å². The number of halogens is 6. The molecule has 1 aromatic rings. The molecule has 0 spiro atoms. The highest BCUT2D eigenvalue weighted by molar-refractivity contribution is 8.00. The number of carbonyl (C=O) groups is 2. The highest BCUT2D eigenvalue weighted by Crippen LogP contribution is 2.63. The fourth-order valence-electron chi connectivity index (χ4n) is 5.56. The van der Waals surface area contributed by atoms with Gasteiger partial charge in [-0.25, -0.2) is 8.78 Å². The van der Waals surface area contributed by atoms with E-state index in [4.69, 9.17) is 22.1 Å². The van der Waals surface area contributed by atoms with Crippen LogP contribution in [0.5, 0.6) is 0 Å². The van der Waals surface area contributed by atoms with Gasteiger partial charge < -0.3 is 26.0 Å². The third-order valence-corrected chi connectivity index (χ3v) is 8.93. The van der Waals surface area contributed by atoms with Gasteiger partial charge in [-0.2, -0.15) is 24.9 Å². The molecule has 2 saturated heterocycles. The summed E-state index contributed by atoms with van der Waals surface area (Å²) < 4.78 is 78.2. The van der Waals surface area contributed by atoms with Crippen LogP contribution in [0, 0.1) is 22.6 Å². The Hall–Kier alpha value is -1.67. The number of rotatable bonds is 9. The first-order chi connectivity index (χ1) is 16.8. The number of carboxylic acid groups (broad SMARTS) is 2. The van der Waals surface area contributed by atoms with Crippen molar-refractivity contribution in [2.24, 2.45) is 22.5 Å². The molecule has 2 fully saturated rings. The number of benzene rings is 1. The molecule has 202 valence electrons. The third-order valence-electron chi connectivity index (χ3n) is 7.34. The minimum atomic E-state index is -5.27. The highest BCUT2D eigenvalue weighted by Gasteiger charge is 2.71. The Kier molecular flexibility index (Phi) is 8.51. The largest absolute Gasteiger partial charge is 0.481 e. The Balaban J connectivity index is 2.48.